The van der Waals surface area contributed by atoms with Crippen LogP contribution < -0.4 is 22.9 Å². The van der Waals surface area contributed by atoms with Gasteiger partial charge in [0, 0.05) is 38.0 Å². The number of carbonyl (C=O) groups is 4. The highest BCUT2D eigenvalue weighted by atomic mass is 16.4. The second kappa shape index (κ2) is 18.3. The number of rotatable bonds is 16. The van der Waals surface area contributed by atoms with Gasteiger partial charge in [0.05, 0.1) is 12.1 Å². The molecule has 0 aromatic rings. The molecule has 46 heavy (non-hydrogen) atoms. The maximum absolute atomic E-state index is 12.5. The zero-order chi connectivity index (χ0) is 35.6. The Morgan fingerprint density at radius 3 is 1.50 bits per heavy atom. The lowest BCUT2D eigenvalue weighted by Gasteiger charge is -2.26. The molecular formula is C28H56B2N6O10. The van der Waals surface area contributed by atoms with Gasteiger partial charge < -0.3 is 63.0 Å². The number of nitrogens with zero attached hydrogens (tertiary/aromatic N) is 2. The highest BCUT2D eigenvalue weighted by Crippen LogP contribution is 2.32. The van der Waals surface area contributed by atoms with Crippen molar-refractivity contribution in [3.63, 3.8) is 0 Å². The number of carboxylic acids is 2. The van der Waals surface area contributed by atoms with E-state index < -0.39 is 61.2 Å². The first-order valence-corrected chi connectivity index (χ1v) is 16.1. The fraction of sp³-hybridized carbons (Fsp3) is 0.857. The van der Waals surface area contributed by atoms with Crippen molar-refractivity contribution in [3.8, 4) is 0 Å². The largest absolute Gasteiger partial charge is 0.480 e. The Kier molecular flexibility index (Phi) is 16.6. The van der Waals surface area contributed by atoms with Gasteiger partial charge in [-0.2, -0.15) is 0 Å². The number of aliphatic carboxylic acids is 2. The summed E-state index contributed by atoms with van der Waals surface area (Å²) in [4.78, 5) is 50.8. The number of amides is 2. The van der Waals surface area contributed by atoms with Crippen LogP contribution in [0.1, 0.15) is 66.2 Å². The molecule has 0 aromatic carbocycles. The Morgan fingerprint density at radius 2 is 1.17 bits per heavy atom. The first-order chi connectivity index (χ1) is 21.2. The standard InChI is InChI=1S/2C14H28BN3O5/c1-9(2)6-11(16)12(19)18-7-10(4-3-5-15(22)23)14(17,8-18)13(20)21;1-3-9(2)11(16)12(19)18-7-10(5-4-6-15(22)23)14(17,8-18)13(20)21/h2*9-11,22-23H,3-8,16-17H2,1-2H3,(H,20,21)/t10-,11-,14-;9-,10-,11-,14-/m00/s1. The van der Waals surface area contributed by atoms with Crippen LogP contribution in [0.25, 0.3) is 0 Å². The number of carboxylic acid groups (broad SMARTS) is 2. The van der Waals surface area contributed by atoms with Gasteiger partial charge in [-0.1, -0.05) is 47.0 Å². The van der Waals surface area contributed by atoms with Crippen LogP contribution in [-0.2, 0) is 19.2 Å². The summed E-state index contributed by atoms with van der Waals surface area (Å²) in [5, 5.41) is 54.5. The summed E-state index contributed by atoms with van der Waals surface area (Å²) in [6.45, 7) is 8.06. The third-order valence-electron chi connectivity index (χ3n) is 9.28. The predicted molar refractivity (Wildman–Crippen MR) is 173 cm³/mol. The molecule has 14 N–H and O–H groups in total. The molecule has 264 valence electrons. The third kappa shape index (κ3) is 11.4. The van der Waals surface area contributed by atoms with Gasteiger partial charge in [-0.05, 0) is 43.7 Å². The number of carbonyl (C=O) groups excluding carboxylic acids is 2. The lowest BCUT2D eigenvalue weighted by molar-refractivity contribution is -0.145. The lowest BCUT2D eigenvalue weighted by Crippen LogP contribution is -2.55. The molecule has 2 aliphatic heterocycles. The summed E-state index contributed by atoms with van der Waals surface area (Å²) in [6.07, 6.45) is 3.24. The van der Waals surface area contributed by atoms with Crippen LogP contribution in [0, 0.1) is 23.7 Å². The van der Waals surface area contributed by atoms with Gasteiger partial charge in [0.25, 0.3) is 0 Å². The highest BCUT2D eigenvalue weighted by Gasteiger charge is 2.52. The van der Waals surface area contributed by atoms with Crippen molar-refractivity contribution in [1.29, 1.82) is 0 Å². The molecule has 0 bridgehead atoms. The minimum absolute atomic E-state index is 0.00286. The quantitative estimate of drug-likeness (QED) is 0.0781. The summed E-state index contributed by atoms with van der Waals surface area (Å²) < 4.78 is 0. The summed E-state index contributed by atoms with van der Waals surface area (Å²) in [7, 11) is -2.85. The van der Waals surface area contributed by atoms with Crippen LogP contribution in [-0.4, -0.2) is 127 Å². The molecule has 0 spiro atoms. The molecule has 2 aliphatic rings. The highest BCUT2D eigenvalue weighted by molar-refractivity contribution is 6.41. The van der Waals surface area contributed by atoms with Crippen molar-refractivity contribution >= 4 is 38.0 Å². The fourth-order valence-electron chi connectivity index (χ4n) is 6.04. The molecule has 0 saturated carbocycles. The van der Waals surface area contributed by atoms with Crippen LogP contribution >= 0.6 is 0 Å². The molecule has 2 amide bonds. The molecule has 0 radical (unpaired) electrons. The van der Waals surface area contributed by atoms with Crippen LogP contribution in [0.3, 0.4) is 0 Å². The summed E-state index contributed by atoms with van der Waals surface area (Å²) >= 11 is 0. The molecule has 2 rings (SSSR count). The molecule has 18 heteroatoms. The van der Waals surface area contributed by atoms with Gasteiger partial charge >= 0.3 is 26.2 Å². The van der Waals surface area contributed by atoms with Crippen LogP contribution in [0.2, 0.25) is 12.6 Å². The molecule has 0 aromatic heterocycles. The van der Waals surface area contributed by atoms with Crippen molar-refractivity contribution in [2.24, 2.45) is 46.6 Å². The van der Waals surface area contributed by atoms with Gasteiger partial charge in [0.15, 0.2) is 0 Å². The second-order valence-corrected chi connectivity index (χ2v) is 13.5. The van der Waals surface area contributed by atoms with E-state index in [2.05, 4.69) is 0 Å². The van der Waals surface area contributed by atoms with Gasteiger partial charge in [-0.25, -0.2) is 0 Å². The molecular weight excluding hydrogens is 602 g/mol. The Balaban J connectivity index is 0.000000460. The maximum atomic E-state index is 12.5. The fourth-order valence-corrected chi connectivity index (χ4v) is 6.04. The first kappa shape index (κ1) is 41.7. The Morgan fingerprint density at radius 1 is 0.783 bits per heavy atom. The van der Waals surface area contributed by atoms with E-state index in [4.69, 9.17) is 43.0 Å². The van der Waals surface area contributed by atoms with Crippen molar-refractivity contribution in [2.75, 3.05) is 26.2 Å². The van der Waals surface area contributed by atoms with E-state index in [0.29, 0.717) is 32.1 Å². The number of likely N-dealkylation sites (tertiary alicyclic amines) is 2. The normalized spacial score (nSPS) is 26.3. The van der Waals surface area contributed by atoms with Gasteiger partial charge in [0.1, 0.15) is 11.1 Å². The molecule has 16 nitrogen and oxygen atoms in total. The van der Waals surface area contributed by atoms with Crippen LogP contribution in [0.5, 0.6) is 0 Å². The number of hydrogen-bond acceptors (Lipinski definition) is 12. The third-order valence-corrected chi connectivity index (χ3v) is 9.28. The van der Waals surface area contributed by atoms with Gasteiger partial charge in [-0.3, -0.25) is 19.2 Å². The zero-order valence-electron chi connectivity index (χ0n) is 27.6. The second-order valence-electron chi connectivity index (χ2n) is 13.5. The summed E-state index contributed by atoms with van der Waals surface area (Å²) in [5.41, 5.74) is 20.9. The molecule has 0 unspecified atom stereocenters. The van der Waals surface area contributed by atoms with E-state index in [1.54, 1.807) is 0 Å². The topological polar surface area (TPSA) is 300 Å². The Bertz CT molecular complexity index is 1030. The van der Waals surface area contributed by atoms with E-state index in [9.17, 15) is 29.4 Å². The first-order valence-electron chi connectivity index (χ1n) is 16.1. The Hall–Kier alpha value is -2.31. The van der Waals surface area contributed by atoms with Gasteiger partial charge in [-0.15, -0.1) is 0 Å². The Labute approximate surface area is 272 Å². The van der Waals surface area contributed by atoms with Crippen molar-refractivity contribution in [2.45, 2.75) is 102 Å². The minimum Gasteiger partial charge on any atom is -0.480 e. The zero-order valence-corrected chi connectivity index (χ0v) is 27.6. The summed E-state index contributed by atoms with van der Waals surface area (Å²) in [5.74, 6) is -3.47. The lowest BCUT2D eigenvalue weighted by atomic mass is 9.78. The van der Waals surface area contributed by atoms with Crippen molar-refractivity contribution in [3.05, 3.63) is 0 Å². The molecule has 7 atom stereocenters. The predicted octanol–water partition coefficient (Wildman–Crippen LogP) is -2.29. The van der Waals surface area contributed by atoms with Crippen molar-refractivity contribution in [1.82, 2.24) is 9.80 Å². The number of nitrogens with two attached hydrogens (primary N) is 4. The molecule has 2 saturated heterocycles. The summed E-state index contributed by atoms with van der Waals surface area (Å²) in [6, 6.07) is -1.33. The van der Waals surface area contributed by atoms with E-state index in [0.717, 1.165) is 6.42 Å². The van der Waals surface area contributed by atoms with Gasteiger partial charge in [0.2, 0.25) is 11.8 Å². The van der Waals surface area contributed by atoms with Crippen LogP contribution in [0.15, 0.2) is 0 Å². The monoisotopic (exact) mass is 658 g/mol. The van der Waals surface area contributed by atoms with E-state index in [1.165, 1.54) is 9.80 Å². The minimum atomic E-state index is -1.52. The maximum Gasteiger partial charge on any atom is 0.451 e. The average Bonchev–Trinajstić information content (AvgIpc) is 3.49. The number of hydrogen-bond donors (Lipinski definition) is 10. The van der Waals surface area contributed by atoms with E-state index in [1.807, 2.05) is 27.7 Å². The van der Waals surface area contributed by atoms with E-state index in [-0.39, 0.29) is 62.5 Å². The smallest absolute Gasteiger partial charge is 0.451 e. The molecule has 2 fully saturated rings. The molecule has 2 heterocycles. The van der Waals surface area contributed by atoms with Crippen LogP contribution in [0.4, 0.5) is 0 Å². The van der Waals surface area contributed by atoms with Crippen molar-refractivity contribution < 1.29 is 49.5 Å². The SMILES string of the molecule is CC(C)C[C@H](N)C(=O)N1C[C@H](CCCB(O)O)[C@](N)(C(=O)O)C1.CC[C@H](C)[C@H](N)C(=O)N1C[C@H](CCCB(O)O)[C@](N)(C(=O)O)C1. The van der Waals surface area contributed by atoms with E-state index >= 15 is 0 Å². The average molecular weight is 658 g/mol. The molecule has 0 aliphatic carbocycles.